The maximum Gasteiger partial charge on any atom is 0.244 e. The molecule has 2 N–H and O–H groups in total. The predicted octanol–water partition coefficient (Wildman–Crippen LogP) is 2.61. The van der Waals surface area contributed by atoms with Crippen LogP contribution in [-0.2, 0) is 4.79 Å². The summed E-state index contributed by atoms with van der Waals surface area (Å²) >= 11 is 0. The van der Waals surface area contributed by atoms with Gasteiger partial charge in [-0.15, -0.1) is 0 Å². The SMILES string of the molecule is O=C(C=Cc1ccccc1)NCC1CCCCC1CO. The molecule has 0 heterocycles. The fourth-order valence-electron chi connectivity index (χ4n) is 2.82. The average molecular weight is 273 g/mol. The zero-order valence-electron chi connectivity index (χ0n) is 11.8. The van der Waals surface area contributed by atoms with Crippen molar-refractivity contribution in [2.24, 2.45) is 11.8 Å². The number of aliphatic hydroxyl groups excluding tert-OH is 1. The third-order valence-electron chi connectivity index (χ3n) is 4.07. The molecule has 1 aromatic rings. The molecule has 0 radical (unpaired) electrons. The predicted molar refractivity (Wildman–Crippen MR) is 81.0 cm³/mol. The van der Waals surface area contributed by atoms with Gasteiger partial charge in [-0.05, 0) is 36.3 Å². The smallest absolute Gasteiger partial charge is 0.244 e. The van der Waals surface area contributed by atoms with E-state index in [0.29, 0.717) is 18.4 Å². The van der Waals surface area contributed by atoms with Crippen LogP contribution < -0.4 is 5.32 Å². The molecule has 0 aromatic heterocycles. The summed E-state index contributed by atoms with van der Waals surface area (Å²) in [4.78, 5) is 11.8. The topological polar surface area (TPSA) is 49.3 Å². The fourth-order valence-corrected chi connectivity index (χ4v) is 2.82. The summed E-state index contributed by atoms with van der Waals surface area (Å²) in [7, 11) is 0. The molecule has 3 nitrogen and oxygen atoms in total. The molecule has 1 amide bonds. The minimum atomic E-state index is -0.0592. The highest BCUT2D eigenvalue weighted by molar-refractivity contribution is 5.91. The maximum atomic E-state index is 11.8. The van der Waals surface area contributed by atoms with Gasteiger partial charge < -0.3 is 10.4 Å². The lowest BCUT2D eigenvalue weighted by Gasteiger charge is -2.30. The summed E-state index contributed by atoms with van der Waals surface area (Å²) in [6, 6.07) is 9.78. The Morgan fingerprint density at radius 2 is 1.90 bits per heavy atom. The zero-order chi connectivity index (χ0) is 14.2. The lowest BCUT2D eigenvalue weighted by Crippen LogP contribution is -2.34. The molecule has 0 saturated heterocycles. The molecular weight excluding hydrogens is 250 g/mol. The van der Waals surface area contributed by atoms with Crippen molar-refractivity contribution in [2.75, 3.05) is 13.2 Å². The highest BCUT2D eigenvalue weighted by Crippen LogP contribution is 2.28. The van der Waals surface area contributed by atoms with Crippen molar-refractivity contribution in [1.82, 2.24) is 5.32 Å². The van der Waals surface area contributed by atoms with Gasteiger partial charge in [-0.3, -0.25) is 4.79 Å². The minimum Gasteiger partial charge on any atom is -0.396 e. The van der Waals surface area contributed by atoms with Crippen LogP contribution in [0.15, 0.2) is 36.4 Å². The van der Waals surface area contributed by atoms with Gasteiger partial charge in [-0.25, -0.2) is 0 Å². The molecular formula is C17H23NO2. The Morgan fingerprint density at radius 3 is 2.60 bits per heavy atom. The lowest BCUT2D eigenvalue weighted by atomic mass is 9.79. The Morgan fingerprint density at radius 1 is 1.20 bits per heavy atom. The molecule has 1 aliphatic rings. The molecule has 1 aromatic carbocycles. The summed E-state index contributed by atoms with van der Waals surface area (Å²) in [6.07, 6.45) is 7.98. The molecule has 20 heavy (non-hydrogen) atoms. The molecule has 1 fully saturated rings. The van der Waals surface area contributed by atoms with E-state index in [0.717, 1.165) is 18.4 Å². The van der Waals surface area contributed by atoms with E-state index in [4.69, 9.17) is 0 Å². The molecule has 0 aliphatic heterocycles. The Bertz CT molecular complexity index is 442. The van der Waals surface area contributed by atoms with Gasteiger partial charge in [0.15, 0.2) is 0 Å². The largest absolute Gasteiger partial charge is 0.396 e. The van der Waals surface area contributed by atoms with Crippen molar-refractivity contribution in [3.8, 4) is 0 Å². The third kappa shape index (κ3) is 4.49. The van der Waals surface area contributed by atoms with E-state index in [1.807, 2.05) is 36.4 Å². The number of carbonyl (C=O) groups is 1. The molecule has 2 unspecified atom stereocenters. The Balaban J connectivity index is 1.78. The van der Waals surface area contributed by atoms with Crippen molar-refractivity contribution in [1.29, 1.82) is 0 Å². The Labute approximate surface area is 120 Å². The van der Waals surface area contributed by atoms with Crippen LogP contribution >= 0.6 is 0 Å². The van der Waals surface area contributed by atoms with Gasteiger partial charge in [-0.2, -0.15) is 0 Å². The molecule has 0 bridgehead atoms. The second kappa shape index (κ2) is 7.85. The summed E-state index contributed by atoms with van der Waals surface area (Å²) in [5, 5.41) is 12.3. The summed E-state index contributed by atoms with van der Waals surface area (Å²) in [5.74, 6) is 0.709. The minimum absolute atomic E-state index is 0.0592. The Hall–Kier alpha value is -1.61. The quantitative estimate of drug-likeness (QED) is 0.810. The molecule has 2 rings (SSSR count). The van der Waals surface area contributed by atoms with E-state index in [1.54, 1.807) is 6.08 Å². The average Bonchev–Trinajstić information content (AvgIpc) is 2.52. The number of aliphatic hydroxyl groups is 1. The number of hydrogen-bond donors (Lipinski definition) is 2. The normalized spacial score (nSPS) is 22.9. The number of nitrogens with one attached hydrogen (secondary N) is 1. The molecule has 0 spiro atoms. The highest BCUT2D eigenvalue weighted by atomic mass is 16.3. The van der Waals surface area contributed by atoms with Gasteiger partial charge in [-0.1, -0.05) is 43.2 Å². The van der Waals surface area contributed by atoms with Crippen molar-refractivity contribution in [2.45, 2.75) is 25.7 Å². The monoisotopic (exact) mass is 273 g/mol. The molecule has 108 valence electrons. The van der Waals surface area contributed by atoms with Crippen LogP contribution in [0.2, 0.25) is 0 Å². The summed E-state index contributed by atoms with van der Waals surface area (Å²) in [6.45, 7) is 0.906. The second-order valence-electron chi connectivity index (χ2n) is 5.48. The first kappa shape index (κ1) is 14.8. The van der Waals surface area contributed by atoms with E-state index in [1.165, 1.54) is 12.8 Å². The first-order valence-corrected chi connectivity index (χ1v) is 7.41. The molecule has 2 atom stereocenters. The van der Waals surface area contributed by atoms with Gasteiger partial charge in [0.2, 0.25) is 5.91 Å². The highest BCUT2D eigenvalue weighted by Gasteiger charge is 2.24. The van der Waals surface area contributed by atoms with Crippen molar-refractivity contribution in [3.63, 3.8) is 0 Å². The summed E-state index contributed by atoms with van der Waals surface area (Å²) < 4.78 is 0. The number of rotatable bonds is 5. The van der Waals surface area contributed by atoms with Crippen molar-refractivity contribution < 1.29 is 9.90 Å². The standard InChI is InChI=1S/C17H23NO2/c19-13-16-9-5-4-8-15(16)12-18-17(20)11-10-14-6-2-1-3-7-14/h1-3,6-7,10-11,15-16,19H,4-5,8-9,12-13H2,(H,18,20). The van der Waals surface area contributed by atoms with Crippen molar-refractivity contribution in [3.05, 3.63) is 42.0 Å². The molecule has 1 aliphatic carbocycles. The number of hydrogen-bond acceptors (Lipinski definition) is 2. The van der Waals surface area contributed by atoms with Gasteiger partial charge >= 0.3 is 0 Å². The fraction of sp³-hybridized carbons (Fsp3) is 0.471. The van der Waals surface area contributed by atoms with E-state index >= 15 is 0 Å². The zero-order valence-corrected chi connectivity index (χ0v) is 11.8. The van der Waals surface area contributed by atoms with Crippen LogP contribution in [0.25, 0.3) is 6.08 Å². The maximum absolute atomic E-state index is 11.8. The van der Waals surface area contributed by atoms with Crippen LogP contribution in [0.4, 0.5) is 0 Å². The van der Waals surface area contributed by atoms with Crippen LogP contribution in [-0.4, -0.2) is 24.2 Å². The van der Waals surface area contributed by atoms with E-state index in [9.17, 15) is 9.90 Å². The molecule has 3 heteroatoms. The van der Waals surface area contributed by atoms with E-state index in [2.05, 4.69) is 5.32 Å². The van der Waals surface area contributed by atoms with E-state index < -0.39 is 0 Å². The van der Waals surface area contributed by atoms with Crippen molar-refractivity contribution >= 4 is 12.0 Å². The van der Waals surface area contributed by atoms with Crippen LogP contribution in [0.3, 0.4) is 0 Å². The number of carbonyl (C=O) groups excluding carboxylic acids is 1. The van der Waals surface area contributed by atoms with Crippen LogP contribution in [0.1, 0.15) is 31.2 Å². The van der Waals surface area contributed by atoms with E-state index in [-0.39, 0.29) is 12.5 Å². The van der Waals surface area contributed by atoms with Crippen LogP contribution in [0, 0.1) is 11.8 Å². The van der Waals surface area contributed by atoms with Gasteiger partial charge in [0, 0.05) is 19.2 Å². The number of amides is 1. The van der Waals surface area contributed by atoms with Gasteiger partial charge in [0.05, 0.1) is 0 Å². The lowest BCUT2D eigenvalue weighted by molar-refractivity contribution is -0.116. The van der Waals surface area contributed by atoms with Crippen LogP contribution in [0.5, 0.6) is 0 Å². The first-order chi connectivity index (χ1) is 9.79. The molecule has 1 saturated carbocycles. The number of benzene rings is 1. The third-order valence-corrected chi connectivity index (χ3v) is 4.07. The van der Waals surface area contributed by atoms with Gasteiger partial charge in [0.1, 0.15) is 0 Å². The summed E-state index contributed by atoms with van der Waals surface area (Å²) in [5.41, 5.74) is 1.02. The first-order valence-electron chi connectivity index (χ1n) is 7.41. The Kier molecular flexibility index (Phi) is 5.81. The van der Waals surface area contributed by atoms with Gasteiger partial charge in [0.25, 0.3) is 0 Å². The second-order valence-corrected chi connectivity index (χ2v) is 5.48.